The first-order chi connectivity index (χ1) is 8.93. The van der Waals surface area contributed by atoms with Crippen LogP contribution in [0, 0.1) is 5.82 Å². The van der Waals surface area contributed by atoms with Crippen LogP contribution in [0.2, 0.25) is 0 Å². The van der Waals surface area contributed by atoms with E-state index < -0.39 is 17.4 Å². The second kappa shape index (κ2) is 4.84. The van der Waals surface area contributed by atoms with Gasteiger partial charge in [-0.05, 0) is 43.5 Å². The fourth-order valence-corrected chi connectivity index (χ4v) is 1.71. The predicted molar refractivity (Wildman–Crippen MR) is 67.8 cm³/mol. The zero-order valence-electron chi connectivity index (χ0n) is 10.4. The zero-order valence-corrected chi connectivity index (χ0v) is 10.4. The van der Waals surface area contributed by atoms with Crippen molar-refractivity contribution in [3.05, 3.63) is 41.2 Å². The molecule has 2 rings (SSSR count). The molecule has 0 spiro atoms. The van der Waals surface area contributed by atoms with E-state index in [1.807, 2.05) is 0 Å². The first-order valence-corrected chi connectivity index (χ1v) is 5.93. The highest BCUT2D eigenvalue weighted by Gasteiger charge is 2.51. The Morgan fingerprint density at radius 1 is 1.32 bits per heavy atom. The molecule has 0 atom stereocenters. The molecule has 0 aliphatic heterocycles. The summed E-state index contributed by atoms with van der Waals surface area (Å²) in [5, 5.41) is 11.5. The van der Waals surface area contributed by atoms with Crippen molar-refractivity contribution >= 4 is 18.0 Å². The van der Waals surface area contributed by atoms with E-state index in [-0.39, 0.29) is 5.82 Å². The number of benzene rings is 1. The molecule has 1 fully saturated rings. The van der Waals surface area contributed by atoms with Crippen molar-refractivity contribution in [2.45, 2.75) is 25.3 Å². The van der Waals surface area contributed by atoms with Crippen LogP contribution in [-0.2, 0) is 9.59 Å². The molecule has 0 heterocycles. The molecule has 2 N–H and O–H groups in total. The van der Waals surface area contributed by atoms with E-state index in [1.165, 1.54) is 12.1 Å². The van der Waals surface area contributed by atoms with Gasteiger partial charge in [-0.3, -0.25) is 4.79 Å². The first kappa shape index (κ1) is 13.3. The number of carboxylic acids is 1. The first-order valence-electron chi connectivity index (χ1n) is 5.93. The number of amides is 1. The Labute approximate surface area is 109 Å². The summed E-state index contributed by atoms with van der Waals surface area (Å²) >= 11 is 0. The van der Waals surface area contributed by atoms with Gasteiger partial charge in [0, 0.05) is 5.57 Å². The highest BCUT2D eigenvalue weighted by Crippen LogP contribution is 2.35. The molecule has 0 aromatic heterocycles. The van der Waals surface area contributed by atoms with Gasteiger partial charge in [0.2, 0.25) is 5.91 Å². The van der Waals surface area contributed by atoms with Gasteiger partial charge < -0.3 is 10.4 Å². The lowest BCUT2D eigenvalue weighted by molar-refractivity contribution is -0.142. The Hall–Kier alpha value is -2.17. The van der Waals surface area contributed by atoms with Crippen LogP contribution >= 0.6 is 0 Å². The van der Waals surface area contributed by atoms with Gasteiger partial charge in [-0.2, -0.15) is 0 Å². The molecule has 0 radical (unpaired) electrons. The molecule has 1 aliphatic carbocycles. The molecule has 5 heteroatoms. The lowest BCUT2D eigenvalue weighted by atomic mass is 10.1. The highest BCUT2D eigenvalue weighted by atomic mass is 19.1. The van der Waals surface area contributed by atoms with Crippen molar-refractivity contribution in [1.29, 1.82) is 0 Å². The fraction of sp³-hybridized carbons (Fsp3) is 0.286. The monoisotopic (exact) mass is 263 g/mol. The van der Waals surface area contributed by atoms with Crippen molar-refractivity contribution < 1.29 is 19.1 Å². The van der Waals surface area contributed by atoms with Gasteiger partial charge >= 0.3 is 5.97 Å². The minimum Gasteiger partial charge on any atom is -0.480 e. The van der Waals surface area contributed by atoms with Crippen LogP contribution in [0.4, 0.5) is 4.39 Å². The molecular weight excluding hydrogens is 249 g/mol. The van der Waals surface area contributed by atoms with Crippen LogP contribution in [0.15, 0.2) is 29.8 Å². The van der Waals surface area contributed by atoms with Crippen LogP contribution in [0.25, 0.3) is 6.08 Å². The maximum absolute atomic E-state index is 12.7. The maximum Gasteiger partial charge on any atom is 0.329 e. The molecular formula is C14H14FNO3. The summed E-state index contributed by atoms with van der Waals surface area (Å²) in [4.78, 5) is 22.8. The molecule has 0 bridgehead atoms. The molecule has 100 valence electrons. The second-order valence-corrected chi connectivity index (χ2v) is 4.72. The fourth-order valence-electron chi connectivity index (χ4n) is 1.71. The molecule has 4 nitrogen and oxygen atoms in total. The molecule has 19 heavy (non-hydrogen) atoms. The number of aliphatic carboxylic acids is 1. The third-order valence-corrected chi connectivity index (χ3v) is 3.12. The summed E-state index contributed by atoms with van der Waals surface area (Å²) in [5.74, 6) is -1.76. The summed E-state index contributed by atoms with van der Waals surface area (Å²) in [5.41, 5.74) is -0.0111. The van der Waals surface area contributed by atoms with E-state index in [2.05, 4.69) is 5.32 Å². The van der Waals surface area contributed by atoms with Crippen LogP contribution in [0.1, 0.15) is 25.3 Å². The predicted octanol–water partition coefficient (Wildman–Crippen LogP) is 1.96. The zero-order chi connectivity index (χ0) is 14.0. The van der Waals surface area contributed by atoms with Crippen molar-refractivity contribution in [3.63, 3.8) is 0 Å². The standard InChI is InChI=1S/C14H14FNO3/c1-9(8-10-2-4-11(15)5-3-10)12(17)16-14(6-7-14)13(18)19/h2-5,8H,6-7H2,1H3,(H,16,17)(H,18,19)/b9-8-. The quantitative estimate of drug-likeness (QED) is 0.816. The van der Waals surface area contributed by atoms with Gasteiger partial charge in [-0.15, -0.1) is 0 Å². The van der Waals surface area contributed by atoms with E-state index >= 15 is 0 Å². The molecule has 0 saturated heterocycles. The summed E-state index contributed by atoms with van der Waals surface area (Å²) in [7, 11) is 0. The van der Waals surface area contributed by atoms with Gasteiger partial charge in [-0.25, -0.2) is 9.18 Å². The van der Waals surface area contributed by atoms with E-state index in [0.29, 0.717) is 24.0 Å². The number of hydrogen-bond acceptors (Lipinski definition) is 2. The van der Waals surface area contributed by atoms with Crippen LogP contribution in [-0.4, -0.2) is 22.5 Å². The Kier molecular flexibility index (Phi) is 3.38. The average Bonchev–Trinajstić information content (AvgIpc) is 3.13. The SMILES string of the molecule is C/C(=C/c1ccc(F)cc1)C(=O)NC1(C(=O)O)CC1. The smallest absolute Gasteiger partial charge is 0.329 e. The Morgan fingerprint density at radius 2 is 1.89 bits per heavy atom. The summed E-state index contributed by atoms with van der Waals surface area (Å²) in [6.07, 6.45) is 2.50. The lowest BCUT2D eigenvalue weighted by Gasteiger charge is -2.12. The van der Waals surface area contributed by atoms with Gasteiger partial charge in [0.15, 0.2) is 0 Å². The largest absolute Gasteiger partial charge is 0.480 e. The minimum absolute atomic E-state index is 0.345. The topological polar surface area (TPSA) is 66.4 Å². The molecule has 0 unspecified atom stereocenters. The summed E-state index contributed by atoms with van der Waals surface area (Å²) < 4.78 is 12.7. The van der Waals surface area contributed by atoms with Crippen LogP contribution in [0.3, 0.4) is 0 Å². The lowest BCUT2D eigenvalue weighted by Crippen LogP contribution is -2.43. The normalized spacial score (nSPS) is 16.8. The van der Waals surface area contributed by atoms with Crippen molar-refractivity contribution in [1.82, 2.24) is 5.32 Å². The number of rotatable bonds is 4. The minimum atomic E-state index is -1.09. The highest BCUT2D eigenvalue weighted by molar-refractivity contribution is 6.01. The van der Waals surface area contributed by atoms with Crippen LogP contribution in [0.5, 0.6) is 0 Å². The average molecular weight is 263 g/mol. The summed E-state index contributed by atoms with van der Waals surface area (Å²) in [6.45, 7) is 1.59. The Balaban J connectivity index is 2.07. The number of carbonyl (C=O) groups is 2. The molecule has 1 aliphatic rings. The third kappa shape index (κ3) is 2.99. The Morgan fingerprint density at radius 3 is 2.37 bits per heavy atom. The number of carboxylic acid groups (broad SMARTS) is 1. The van der Waals surface area contributed by atoms with E-state index in [9.17, 15) is 14.0 Å². The number of hydrogen-bond donors (Lipinski definition) is 2. The van der Waals surface area contributed by atoms with Gasteiger partial charge in [-0.1, -0.05) is 12.1 Å². The second-order valence-electron chi connectivity index (χ2n) is 4.72. The number of carbonyl (C=O) groups excluding carboxylic acids is 1. The maximum atomic E-state index is 12.7. The van der Waals surface area contributed by atoms with Crippen molar-refractivity contribution in [2.24, 2.45) is 0 Å². The number of halogens is 1. The third-order valence-electron chi connectivity index (χ3n) is 3.12. The Bertz CT molecular complexity index is 544. The van der Waals surface area contributed by atoms with E-state index in [4.69, 9.17) is 5.11 Å². The molecule has 1 aromatic carbocycles. The van der Waals surface area contributed by atoms with Gasteiger partial charge in [0.1, 0.15) is 11.4 Å². The molecule has 1 saturated carbocycles. The molecule has 1 amide bonds. The van der Waals surface area contributed by atoms with E-state index in [1.54, 1.807) is 25.1 Å². The summed E-state index contributed by atoms with van der Waals surface area (Å²) in [6, 6.07) is 5.71. The van der Waals surface area contributed by atoms with Crippen molar-refractivity contribution in [3.8, 4) is 0 Å². The van der Waals surface area contributed by atoms with Crippen LogP contribution < -0.4 is 5.32 Å². The van der Waals surface area contributed by atoms with E-state index in [0.717, 1.165) is 0 Å². The number of nitrogens with one attached hydrogen (secondary N) is 1. The van der Waals surface area contributed by atoms with Crippen molar-refractivity contribution in [2.75, 3.05) is 0 Å². The molecule has 1 aromatic rings. The van der Waals surface area contributed by atoms with Gasteiger partial charge in [0.25, 0.3) is 0 Å². The van der Waals surface area contributed by atoms with Gasteiger partial charge in [0.05, 0.1) is 0 Å².